The van der Waals surface area contributed by atoms with Crippen LogP contribution in [-0.4, -0.2) is 90.6 Å². The van der Waals surface area contributed by atoms with Crippen LogP contribution in [0.4, 0.5) is 18.9 Å². The molecule has 6 nitrogen and oxygen atoms in total. The number of amides is 1. The smallest absolute Gasteiger partial charge is 0.336 e. The Bertz CT molecular complexity index is 1180. The maximum absolute atomic E-state index is 13.1. The molecule has 0 aliphatic carbocycles. The third-order valence-electron chi connectivity index (χ3n) is 6.43. The van der Waals surface area contributed by atoms with E-state index in [9.17, 15) is 18.0 Å². The topological polar surface area (TPSA) is 63.0 Å². The van der Waals surface area contributed by atoms with E-state index in [0.717, 1.165) is 39.3 Å². The minimum absolute atomic E-state index is 0.0417. The number of carbonyl (C=O) groups excluding carboxylic acids is 1. The Morgan fingerprint density at radius 3 is 2.15 bits per heavy atom. The average molecular weight is 560 g/mol. The standard InChI is InChI=1S/C29H33ClF3N5O/c1-3-13-36(14-4-2)15-16-37-17-19-38(20-18-37)28(39)23-11-9-22(10-12-23)26(21-27(34)29(31,32)33)35-25-8-6-5-7-24(25)30/h3-12,34H,1-2,13-21H2. The first kappa shape index (κ1) is 30.3. The van der Waals surface area contributed by atoms with Crippen molar-refractivity contribution in [3.8, 4) is 0 Å². The fourth-order valence-corrected chi connectivity index (χ4v) is 4.41. The largest absolute Gasteiger partial charge is 0.429 e. The predicted octanol–water partition coefficient (Wildman–Crippen LogP) is 5.86. The molecule has 208 valence electrons. The molecule has 1 amide bonds. The van der Waals surface area contributed by atoms with Gasteiger partial charge >= 0.3 is 6.18 Å². The van der Waals surface area contributed by atoms with E-state index < -0.39 is 18.3 Å². The highest BCUT2D eigenvalue weighted by molar-refractivity contribution is 6.33. The second-order valence-corrected chi connectivity index (χ2v) is 9.62. The van der Waals surface area contributed by atoms with Gasteiger partial charge in [0.2, 0.25) is 0 Å². The number of carbonyl (C=O) groups is 1. The van der Waals surface area contributed by atoms with E-state index in [2.05, 4.69) is 28.0 Å². The van der Waals surface area contributed by atoms with E-state index in [1.54, 1.807) is 53.4 Å². The molecule has 1 aliphatic heterocycles. The zero-order valence-electron chi connectivity index (χ0n) is 21.8. The van der Waals surface area contributed by atoms with Crippen LogP contribution in [0.25, 0.3) is 0 Å². The SMILES string of the molecule is C=CCN(CC=C)CCN1CCN(C(=O)c2ccc(C(CC(=N)C(F)(F)F)=Nc3ccccc3Cl)cc2)CC1. The molecule has 0 bridgehead atoms. The summed E-state index contributed by atoms with van der Waals surface area (Å²) in [5.41, 5.74) is -0.241. The molecule has 1 N–H and O–H groups in total. The van der Waals surface area contributed by atoms with Gasteiger partial charge < -0.3 is 10.3 Å². The minimum atomic E-state index is -4.77. The lowest BCUT2D eigenvalue weighted by Gasteiger charge is -2.35. The summed E-state index contributed by atoms with van der Waals surface area (Å²) in [6.07, 6.45) is -1.75. The number of alkyl halides is 3. The number of rotatable bonds is 12. The predicted molar refractivity (Wildman–Crippen MR) is 152 cm³/mol. The molecule has 0 radical (unpaired) electrons. The molecule has 2 aromatic rings. The van der Waals surface area contributed by atoms with Crippen molar-refractivity contribution in [2.75, 3.05) is 52.4 Å². The van der Waals surface area contributed by atoms with Gasteiger partial charge in [-0.3, -0.25) is 19.6 Å². The lowest BCUT2D eigenvalue weighted by atomic mass is 10.0. The molecule has 3 rings (SSSR count). The number of piperazine rings is 1. The molecule has 1 heterocycles. The molecule has 0 aromatic heterocycles. The Balaban J connectivity index is 1.67. The molecule has 0 spiro atoms. The van der Waals surface area contributed by atoms with Crippen LogP contribution in [0.3, 0.4) is 0 Å². The van der Waals surface area contributed by atoms with Crippen LogP contribution in [0.2, 0.25) is 5.02 Å². The number of hydrogen-bond acceptors (Lipinski definition) is 5. The fraction of sp³-hybridized carbons (Fsp3) is 0.345. The van der Waals surface area contributed by atoms with Crippen LogP contribution in [0.5, 0.6) is 0 Å². The van der Waals surface area contributed by atoms with E-state index in [4.69, 9.17) is 17.0 Å². The van der Waals surface area contributed by atoms with Gasteiger partial charge in [0.05, 0.1) is 16.4 Å². The third kappa shape index (κ3) is 8.88. The molecule has 39 heavy (non-hydrogen) atoms. The minimum Gasteiger partial charge on any atom is -0.336 e. The first-order valence-electron chi connectivity index (χ1n) is 12.6. The Morgan fingerprint density at radius 1 is 1.00 bits per heavy atom. The van der Waals surface area contributed by atoms with Crippen LogP contribution in [0.1, 0.15) is 22.3 Å². The highest BCUT2D eigenvalue weighted by Gasteiger charge is 2.35. The van der Waals surface area contributed by atoms with Gasteiger partial charge in [-0.1, -0.05) is 48.0 Å². The summed E-state index contributed by atoms with van der Waals surface area (Å²) in [5, 5.41) is 7.77. The summed E-state index contributed by atoms with van der Waals surface area (Å²) in [6, 6.07) is 12.9. The molecule has 2 aromatic carbocycles. The van der Waals surface area contributed by atoms with Crippen molar-refractivity contribution in [1.29, 1.82) is 5.41 Å². The Labute approximate surface area is 232 Å². The van der Waals surface area contributed by atoms with Crippen molar-refractivity contribution >= 4 is 34.6 Å². The average Bonchev–Trinajstić information content (AvgIpc) is 2.92. The molecule has 10 heteroatoms. The van der Waals surface area contributed by atoms with Gasteiger partial charge in [0.1, 0.15) is 5.71 Å². The molecule has 0 unspecified atom stereocenters. The molecule has 0 atom stereocenters. The van der Waals surface area contributed by atoms with Crippen LogP contribution >= 0.6 is 11.6 Å². The first-order chi connectivity index (χ1) is 18.6. The van der Waals surface area contributed by atoms with E-state index >= 15 is 0 Å². The molecule has 0 saturated carbocycles. The highest BCUT2D eigenvalue weighted by atomic mass is 35.5. The van der Waals surface area contributed by atoms with Gasteiger partial charge in [-0.25, -0.2) is 0 Å². The third-order valence-corrected chi connectivity index (χ3v) is 6.75. The molecule has 1 saturated heterocycles. The van der Waals surface area contributed by atoms with Crippen LogP contribution in [0.15, 0.2) is 78.8 Å². The summed E-state index contributed by atoms with van der Waals surface area (Å²) < 4.78 is 39.4. The maximum Gasteiger partial charge on any atom is 0.429 e. The molecular formula is C29H33ClF3N5O. The number of aliphatic imine (C=N–C) groups is 1. The lowest BCUT2D eigenvalue weighted by Crippen LogP contribution is -2.50. The van der Waals surface area contributed by atoms with Gasteiger partial charge in [0.25, 0.3) is 5.91 Å². The Hall–Kier alpha value is -3.27. The number of nitrogens with one attached hydrogen (secondary N) is 1. The zero-order chi connectivity index (χ0) is 28.4. The van der Waals surface area contributed by atoms with E-state index in [0.29, 0.717) is 29.9 Å². The highest BCUT2D eigenvalue weighted by Crippen LogP contribution is 2.27. The fourth-order valence-electron chi connectivity index (χ4n) is 4.23. The van der Waals surface area contributed by atoms with Crippen molar-refractivity contribution in [2.45, 2.75) is 12.6 Å². The molecular weight excluding hydrogens is 527 g/mol. The van der Waals surface area contributed by atoms with E-state index in [-0.39, 0.29) is 16.6 Å². The van der Waals surface area contributed by atoms with Gasteiger partial charge in [-0.05, 0) is 29.8 Å². The summed E-state index contributed by atoms with van der Waals surface area (Å²) >= 11 is 6.16. The van der Waals surface area contributed by atoms with Crippen molar-refractivity contribution in [3.05, 3.63) is 90.0 Å². The van der Waals surface area contributed by atoms with Crippen LogP contribution in [0, 0.1) is 5.41 Å². The second-order valence-electron chi connectivity index (χ2n) is 9.21. The van der Waals surface area contributed by atoms with Crippen LogP contribution in [-0.2, 0) is 0 Å². The number of hydrogen-bond donors (Lipinski definition) is 1. The Kier molecular flexibility index (Phi) is 11.0. The lowest BCUT2D eigenvalue weighted by molar-refractivity contribution is -0.0605. The number of benzene rings is 2. The van der Waals surface area contributed by atoms with Crippen molar-refractivity contribution in [2.24, 2.45) is 4.99 Å². The molecule has 1 aliphatic rings. The Morgan fingerprint density at radius 2 is 1.59 bits per heavy atom. The maximum atomic E-state index is 13.1. The monoisotopic (exact) mass is 559 g/mol. The van der Waals surface area contributed by atoms with Crippen molar-refractivity contribution < 1.29 is 18.0 Å². The second kappa shape index (κ2) is 14.2. The summed E-state index contributed by atoms with van der Waals surface area (Å²) in [4.78, 5) is 23.8. The number of halogens is 4. The first-order valence-corrected chi connectivity index (χ1v) is 13.0. The number of nitrogens with zero attached hydrogens (tertiary/aromatic N) is 4. The normalized spacial score (nSPS) is 14.9. The van der Waals surface area contributed by atoms with Gasteiger partial charge in [0, 0.05) is 64.3 Å². The molecule has 1 fully saturated rings. The quantitative estimate of drug-likeness (QED) is 0.261. The van der Waals surface area contributed by atoms with E-state index in [1.807, 2.05) is 12.2 Å². The summed E-state index contributed by atoms with van der Waals surface area (Å²) in [7, 11) is 0. The van der Waals surface area contributed by atoms with Gasteiger partial charge in [-0.2, -0.15) is 13.2 Å². The zero-order valence-corrected chi connectivity index (χ0v) is 22.5. The van der Waals surface area contributed by atoms with Crippen molar-refractivity contribution in [1.82, 2.24) is 14.7 Å². The van der Waals surface area contributed by atoms with Crippen LogP contribution < -0.4 is 0 Å². The van der Waals surface area contributed by atoms with E-state index in [1.165, 1.54) is 0 Å². The van der Waals surface area contributed by atoms with Gasteiger partial charge in [-0.15, -0.1) is 13.2 Å². The number of para-hydroxylation sites is 1. The summed E-state index contributed by atoms with van der Waals surface area (Å²) in [6.45, 7) is 13.6. The van der Waals surface area contributed by atoms with Crippen molar-refractivity contribution in [3.63, 3.8) is 0 Å². The summed E-state index contributed by atoms with van der Waals surface area (Å²) in [5.74, 6) is -0.131. The van der Waals surface area contributed by atoms with Gasteiger partial charge in [0.15, 0.2) is 0 Å².